The molecule has 0 bridgehead atoms. The van der Waals surface area contributed by atoms with Crippen molar-refractivity contribution in [3.8, 4) is 0 Å². The molecule has 0 radical (unpaired) electrons. The predicted octanol–water partition coefficient (Wildman–Crippen LogP) is 3.01. The molecule has 5 nitrogen and oxygen atoms in total. The maximum absolute atomic E-state index is 12.5. The summed E-state index contributed by atoms with van der Waals surface area (Å²) < 4.78 is 0. The van der Waals surface area contributed by atoms with Gasteiger partial charge in [-0.05, 0) is 26.0 Å². The number of aryl methyl sites for hydroxylation is 1. The summed E-state index contributed by atoms with van der Waals surface area (Å²) in [5.41, 5.74) is 2.70. The van der Waals surface area contributed by atoms with Crippen LogP contribution >= 0.6 is 11.8 Å². The van der Waals surface area contributed by atoms with Crippen LogP contribution in [0.1, 0.15) is 28.4 Å². The lowest BCUT2D eigenvalue weighted by Gasteiger charge is -2.17. The summed E-state index contributed by atoms with van der Waals surface area (Å²) in [7, 11) is 0. The first-order chi connectivity index (χ1) is 12.0. The van der Waals surface area contributed by atoms with Crippen LogP contribution in [0.5, 0.6) is 0 Å². The van der Waals surface area contributed by atoms with Gasteiger partial charge in [-0.25, -0.2) is 5.01 Å². The number of thioether (sulfide) groups is 1. The third-order valence-corrected chi connectivity index (χ3v) is 4.81. The molecule has 0 saturated carbocycles. The third-order valence-electron chi connectivity index (χ3n) is 3.84. The van der Waals surface area contributed by atoms with E-state index in [9.17, 15) is 9.59 Å². The minimum Gasteiger partial charge on any atom is -0.340 e. The second kappa shape index (κ2) is 7.53. The van der Waals surface area contributed by atoms with Crippen molar-refractivity contribution in [3.63, 3.8) is 0 Å². The van der Waals surface area contributed by atoms with Gasteiger partial charge in [0, 0.05) is 11.1 Å². The highest BCUT2D eigenvalue weighted by Gasteiger charge is 2.27. The van der Waals surface area contributed by atoms with Gasteiger partial charge < -0.3 is 5.32 Å². The van der Waals surface area contributed by atoms with Gasteiger partial charge in [-0.3, -0.25) is 9.59 Å². The maximum Gasteiger partial charge on any atom is 0.265 e. The molecule has 128 valence electrons. The van der Waals surface area contributed by atoms with Gasteiger partial charge in [0.2, 0.25) is 0 Å². The topological polar surface area (TPSA) is 61.8 Å². The molecule has 1 aliphatic heterocycles. The number of hydrogen-bond donors (Lipinski definition) is 1. The highest BCUT2D eigenvalue weighted by Crippen LogP contribution is 2.23. The SMILES string of the molecule is Cc1ccc(C2=NN(C(=O)[C@@H](C)NC(=O)c3ccccc3)CS2)cc1. The van der Waals surface area contributed by atoms with Gasteiger partial charge in [0.05, 0.1) is 5.88 Å². The molecular weight excluding hydrogens is 334 g/mol. The van der Waals surface area contributed by atoms with E-state index in [1.54, 1.807) is 31.2 Å². The van der Waals surface area contributed by atoms with Crippen molar-refractivity contribution in [1.82, 2.24) is 10.3 Å². The second-order valence-corrected chi connectivity index (χ2v) is 6.78. The highest BCUT2D eigenvalue weighted by molar-refractivity contribution is 8.14. The van der Waals surface area contributed by atoms with E-state index in [1.165, 1.54) is 22.3 Å². The Kier molecular flexibility index (Phi) is 5.19. The summed E-state index contributed by atoms with van der Waals surface area (Å²) in [4.78, 5) is 24.7. The minimum atomic E-state index is -0.644. The molecule has 0 aliphatic carbocycles. The van der Waals surface area contributed by atoms with Gasteiger partial charge in [-0.1, -0.05) is 59.8 Å². The van der Waals surface area contributed by atoms with Crippen LogP contribution in [0.15, 0.2) is 59.7 Å². The molecule has 1 heterocycles. The Morgan fingerprint density at radius 2 is 1.80 bits per heavy atom. The molecule has 0 saturated heterocycles. The third kappa shape index (κ3) is 4.09. The first kappa shape index (κ1) is 17.2. The second-order valence-electron chi connectivity index (χ2n) is 5.84. The largest absolute Gasteiger partial charge is 0.340 e. The molecule has 2 aromatic rings. The van der Waals surface area contributed by atoms with Crippen LogP contribution < -0.4 is 5.32 Å². The van der Waals surface area contributed by atoms with Gasteiger partial charge in [0.15, 0.2) is 0 Å². The highest BCUT2D eigenvalue weighted by atomic mass is 32.2. The van der Waals surface area contributed by atoms with Crippen LogP contribution in [-0.2, 0) is 4.79 Å². The lowest BCUT2D eigenvalue weighted by Crippen LogP contribution is -2.44. The summed E-state index contributed by atoms with van der Waals surface area (Å²) in [5.74, 6) is -0.0388. The Balaban J connectivity index is 1.64. The molecule has 6 heteroatoms. The molecule has 3 rings (SSSR count). The van der Waals surface area contributed by atoms with Crippen molar-refractivity contribution in [2.75, 3.05) is 5.88 Å². The standard InChI is InChI=1S/C19H19N3O2S/c1-13-8-10-16(11-9-13)18-21-22(12-25-18)19(24)14(2)20-17(23)15-6-4-3-5-7-15/h3-11,14H,12H2,1-2H3,(H,20,23)/t14-/m1/s1. The number of amides is 2. The van der Waals surface area contributed by atoms with Gasteiger partial charge >= 0.3 is 0 Å². The quantitative estimate of drug-likeness (QED) is 0.919. The first-order valence-corrected chi connectivity index (χ1v) is 8.99. The Morgan fingerprint density at radius 3 is 2.48 bits per heavy atom. The van der Waals surface area contributed by atoms with Gasteiger partial charge in [-0.15, -0.1) is 0 Å². The zero-order valence-corrected chi connectivity index (χ0v) is 14.9. The summed E-state index contributed by atoms with van der Waals surface area (Å²) in [6.07, 6.45) is 0. The van der Waals surface area contributed by atoms with Crippen LogP contribution in [0.4, 0.5) is 0 Å². The summed E-state index contributed by atoms with van der Waals surface area (Å²) in [5, 5.41) is 9.35. The fourth-order valence-electron chi connectivity index (χ4n) is 2.39. The van der Waals surface area contributed by atoms with Crippen molar-refractivity contribution in [3.05, 3.63) is 71.3 Å². The van der Waals surface area contributed by atoms with Gasteiger partial charge in [0.25, 0.3) is 11.8 Å². The number of hydrogen-bond acceptors (Lipinski definition) is 4. The fraction of sp³-hybridized carbons (Fsp3) is 0.211. The van der Waals surface area contributed by atoms with E-state index in [-0.39, 0.29) is 11.8 Å². The van der Waals surface area contributed by atoms with E-state index in [0.717, 1.165) is 10.6 Å². The molecule has 1 atom stereocenters. The van der Waals surface area contributed by atoms with E-state index in [4.69, 9.17) is 0 Å². The lowest BCUT2D eigenvalue weighted by atomic mass is 10.2. The normalized spacial score (nSPS) is 14.8. The maximum atomic E-state index is 12.5. The monoisotopic (exact) mass is 353 g/mol. The van der Waals surface area contributed by atoms with E-state index < -0.39 is 6.04 Å². The number of hydrazone groups is 1. The van der Waals surface area contributed by atoms with Crippen LogP contribution in [0.25, 0.3) is 0 Å². The zero-order valence-electron chi connectivity index (χ0n) is 14.1. The molecular formula is C19H19N3O2S. The van der Waals surface area contributed by atoms with Crippen molar-refractivity contribution < 1.29 is 9.59 Å². The predicted molar refractivity (Wildman–Crippen MR) is 100 cm³/mol. The molecule has 1 N–H and O–H groups in total. The van der Waals surface area contributed by atoms with Gasteiger partial charge in [-0.2, -0.15) is 5.10 Å². The van der Waals surface area contributed by atoms with Crippen molar-refractivity contribution in [1.29, 1.82) is 0 Å². The molecule has 25 heavy (non-hydrogen) atoms. The number of carbonyl (C=O) groups excluding carboxylic acids is 2. The Labute approximate surface area is 151 Å². The van der Waals surface area contributed by atoms with Crippen LogP contribution in [-0.4, -0.2) is 33.8 Å². The fourth-order valence-corrected chi connectivity index (χ4v) is 3.28. The van der Waals surface area contributed by atoms with Crippen LogP contribution in [0, 0.1) is 6.92 Å². The van der Waals surface area contributed by atoms with Crippen molar-refractivity contribution in [2.45, 2.75) is 19.9 Å². The number of rotatable bonds is 4. The van der Waals surface area contributed by atoms with Crippen molar-refractivity contribution in [2.24, 2.45) is 5.10 Å². The smallest absolute Gasteiger partial charge is 0.265 e. The average Bonchev–Trinajstić information content (AvgIpc) is 3.12. The molecule has 0 unspecified atom stereocenters. The Hall–Kier alpha value is -2.60. The first-order valence-electron chi connectivity index (χ1n) is 8.00. The summed E-state index contributed by atoms with van der Waals surface area (Å²) in [6.45, 7) is 3.70. The molecule has 1 aliphatic rings. The minimum absolute atomic E-state index is 0.223. The zero-order chi connectivity index (χ0) is 17.8. The summed E-state index contributed by atoms with van der Waals surface area (Å²) in [6, 6.07) is 16.2. The molecule has 0 aromatic heterocycles. The average molecular weight is 353 g/mol. The van der Waals surface area contributed by atoms with Crippen LogP contribution in [0.3, 0.4) is 0 Å². The number of nitrogens with one attached hydrogen (secondary N) is 1. The van der Waals surface area contributed by atoms with E-state index in [1.807, 2.05) is 37.3 Å². The van der Waals surface area contributed by atoms with Gasteiger partial charge in [0.1, 0.15) is 11.1 Å². The van der Waals surface area contributed by atoms with Crippen LogP contribution in [0.2, 0.25) is 0 Å². The number of benzene rings is 2. The molecule has 0 spiro atoms. The summed E-state index contributed by atoms with van der Waals surface area (Å²) >= 11 is 1.51. The Bertz CT molecular complexity index is 803. The molecule has 0 fully saturated rings. The number of nitrogens with zero attached hydrogens (tertiary/aromatic N) is 2. The Morgan fingerprint density at radius 1 is 1.12 bits per heavy atom. The molecule has 2 amide bonds. The van der Waals surface area contributed by atoms with E-state index in [2.05, 4.69) is 10.4 Å². The lowest BCUT2D eigenvalue weighted by molar-refractivity contribution is -0.131. The van der Waals surface area contributed by atoms with E-state index in [0.29, 0.717) is 11.4 Å². The van der Waals surface area contributed by atoms with Crippen molar-refractivity contribution >= 4 is 28.6 Å². The number of carbonyl (C=O) groups is 2. The molecule has 2 aromatic carbocycles. The van der Waals surface area contributed by atoms with E-state index >= 15 is 0 Å².